The second kappa shape index (κ2) is 8.45. The molecule has 0 fully saturated rings. The number of carbonyl (C=O) groups excluding carboxylic acids is 2. The average molecular weight is 387 g/mol. The number of urea groups is 1. The fraction of sp³-hybridized carbons (Fsp3) is 0.412. The fourth-order valence-corrected chi connectivity index (χ4v) is 3.36. The monoisotopic (exact) mass is 386 g/mol. The summed E-state index contributed by atoms with van der Waals surface area (Å²) in [5, 5.41) is 6.01. The Bertz CT molecular complexity index is 696. The lowest BCUT2D eigenvalue weighted by atomic mass is 9.93. The summed E-state index contributed by atoms with van der Waals surface area (Å²) in [7, 11) is 1.46. The Morgan fingerprint density at radius 2 is 1.88 bits per heavy atom. The van der Waals surface area contributed by atoms with E-state index in [9.17, 15) is 9.59 Å². The average Bonchev–Trinajstić information content (AvgIpc) is 2.54. The molecule has 2 rings (SSSR count). The first kappa shape index (κ1) is 19.4. The molecule has 1 atom stereocenters. The van der Waals surface area contributed by atoms with Gasteiger partial charge in [0.15, 0.2) is 5.75 Å². The van der Waals surface area contributed by atoms with Gasteiger partial charge in [-0.15, -0.1) is 0 Å². The number of nitrogens with one attached hydrogen (secondary N) is 2. The zero-order valence-corrected chi connectivity index (χ0v) is 15.8. The molecule has 2 N–H and O–H groups in total. The van der Waals surface area contributed by atoms with Gasteiger partial charge < -0.3 is 20.1 Å². The molecule has 1 unspecified atom stereocenters. The minimum atomic E-state index is -0.713. The van der Waals surface area contributed by atoms with Gasteiger partial charge in [-0.25, -0.2) is 9.59 Å². The van der Waals surface area contributed by atoms with Crippen LogP contribution in [0.2, 0.25) is 10.0 Å². The van der Waals surface area contributed by atoms with Gasteiger partial charge in [-0.2, -0.15) is 0 Å². The van der Waals surface area contributed by atoms with Crippen LogP contribution in [0.25, 0.3) is 0 Å². The molecule has 25 heavy (non-hydrogen) atoms. The molecule has 136 valence electrons. The molecular weight excluding hydrogens is 367 g/mol. The Kier molecular flexibility index (Phi) is 6.56. The van der Waals surface area contributed by atoms with Crippen LogP contribution in [0.1, 0.15) is 38.3 Å². The van der Waals surface area contributed by atoms with E-state index in [1.54, 1.807) is 19.1 Å². The predicted octanol–water partition coefficient (Wildman–Crippen LogP) is 3.97. The molecule has 0 bridgehead atoms. The molecule has 0 aliphatic carbocycles. The first-order valence-electron chi connectivity index (χ1n) is 7.93. The van der Waals surface area contributed by atoms with Crippen molar-refractivity contribution in [3.05, 3.63) is 39.0 Å². The molecule has 0 spiro atoms. The van der Waals surface area contributed by atoms with Gasteiger partial charge in [-0.05, 0) is 31.0 Å². The second-order valence-electron chi connectivity index (χ2n) is 5.41. The zero-order chi connectivity index (χ0) is 18.6. The summed E-state index contributed by atoms with van der Waals surface area (Å²) < 4.78 is 10.3. The van der Waals surface area contributed by atoms with Crippen molar-refractivity contribution in [3.63, 3.8) is 0 Å². The highest BCUT2D eigenvalue weighted by atomic mass is 35.5. The van der Waals surface area contributed by atoms with E-state index in [1.165, 1.54) is 7.11 Å². The van der Waals surface area contributed by atoms with Crippen LogP contribution < -0.4 is 15.4 Å². The topological polar surface area (TPSA) is 76.7 Å². The molecule has 1 aliphatic rings. The number of amides is 2. The first-order chi connectivity index (χ1) is 11.9. The zero-order valence-electron chi connectivity index (χ0n) is 14.2. The third-order valence-corrected chi connectivity index (χ3v) is 4.27. The van der Waals surface area contributed by atoms with Gasteiger partial charge in [-0.1, -0.05) is 36.5 Å². The lowest BCUT2D eigenvalue weighted by molar-refractivity contribution is -0.139. The maximum atomic E-state index is 12.5. The fourth-order valence-electron chi connectivity index (χ4n) is 2.71. The van der Waals surface area contributed by atoms with E-state index in [1.807, 2.05) is 6.92 Å². The molecule has 1 aromatic carbocycles. The lowest BCUT2D eigenvalue weighted by Crippen LogP contribution is -2.46. The first-order valence-corrected chi connectivity index (χ1v) is 8.69. The van der Waals surface area contributed by atoms with Crippen LogP contribution in [0.5, 0.6) is 5.75 Å². The van der Waals surface area contributed by atoms with E-state index in [-0.39, 0.29) is 16.7 Å². The van der Waals surface area contributed by atoms with Gasteiger partial charge in [0.1, 0.15) is 0 Å². The highest BCUT2D eigenvalue weighted by Crippen LogP contribution is 2.38. The highest BCUT2D eigenvalue weighted by Gasteiger charge is 2.34. The van der Waals surface area contributed by atoms with Crippen LogP contribution in [0.3, 0.4) is 0 Å². The smallest absolute Gasteiger partial charge is 0.338 e. The van der Waals surface area contributed by atoms with Crippen molar-refractivity contribution in [2.24, 2.45) is 0 Å². The number of methoxy groups -OCH3 is 1. The number of esters is 1. The summed E-state index contributed by atoms with van der Waals surface area (Å²) in [6.07, 6.45) is 1.30. The van der Waals surface area contributed by atoms with Crippen molar-refractivity contribution >= 4 is 35.2 Å². The number of benzene rings is 1. The molecule has 8 heteroatoms. The molecule has 0 saturated heterocycles. The summed E-state index contributed by atoms with van der Waals surface area (Å²) in [5.74, 6) is -0.158. The summed E-state index contributed by atoms with van der Waals surface area (Å²) in [4.78, 5) is 24.6. The van der Waals surface area contributed by atoms with E-state index in [2.05, 4.69) is 10.6 Å². The van der Waals surface area contributed by atoms with Crippen molar-refractivity contribution in [1.82, 2.24) is 10.6 Å². The molecule has 6 nitrogen and oxygen atoms in total. The standard InChI is InChI=1S/C17H20Cl2N2O4/c1-4-6-12-13(16(22)25-5-2)14(21-17(23)20-12)9-7-10(18)15(24-3)11(19)8-9/h7-8,14H,4-6H2,1-3H3,(H2,20,21,23). The molecule has 0 aromatic heterocycles. The Morgan fingerprint density at radius 1 is 1.24 bits per heavy atom. The highest BCUT2D eigenvalue weighted by molar-refractivity contribution is 6.37. The number of hydrogen-bond donors (Lipinski definition) is 2. The summed E-state index contributed by atoms with van der Waals surface area (Å²) in [5.41, 5.74) is 1.46. The van der Waals surface area contributed by atoms with Crippen molar-refractivity contribution < 1.29 is 19.1 Å². The second-order valence-corrected chi connectivity index (χ2v) is 6.23. The largest absolute Gasteiger partial charge is 0.494 e. The van der Waals surface area contributed by atoms with Crippen LogP contribution in [0, 0.1) is 0 Å². The minimum Gasteiger partial charge on any atom is -0.494 e. The summed E-state index contributed by atoms with van der Waals surface area (Å²) in [6.45, 7) is 3.91. The van der Waals surface area contributed by atoms with Crippen molar-refractivity contribution in [3.8, 4) is 5.75 Å². The Labute approximate surface area is 156 Å². The lowest BCUT2D eigenvalue weighted by Gasteiger charge is -2.29. The number of hydrogen-bond acceptors (Lipinski definition) is 4. The van der Waals surface area contributed by atoms with E-state index in [0.717, 1.165) is 6.42 Å². The number of halogens is 2. The van der Waals surface area contributed by atoms with Crippen LogP contribution in [0.15, 0.2) is 23.4 Å². The third kappa shape index (κ3) is 4.19. The van der Waals surface area contributed by atoms with Gasteiger partial charge in [0.25, 0.3) is 0 Å². The van der Waals surface area contributed by atoms with Gasteiger partial charge in [-0.3, -0.25) is 0 Å². The molecular formula is C17H20Cl2N2O4. The van der Waals surface area contributed by atoms with E-state index >= 15 is 0 Å². The molecule has 1 aliphatic heterocycles. The summed E-state index contributed by atoms with van der Waals surface area (Å²) >= 11 is 12.4. The van der Waals surface area contributed by atoms with Crippen LogP contribution in [0.4, 0.5) is 4.79 Å². The quantitative estimate of drug-likeness (QED) is 0.725. The van der Waals surface area contributed by atoms with Crippen LogP contribution in [-0.2, 0) is 9.53 Å². The number of allylic oxidation sites excluding steroid dienone is 1. The Hall–Kier alpha value is -1.92. The molecule has 1 aromatic rings. The maximum absolute atomic E-state index is 12.5. The third-order valence-electron chi connectivity index (χ3n) is 3.71. The van der Waals surface area contributed by atoms with Crippen molar-refractivity contribution in [2.45, 2.75) is 32.7 Å². The van der Waals surface area contributed by atoms with Crippen LogP contribution >= 0.6 is 23.2 Å². The van der Waals surface area contributed by atoms with Gasteiger partial charge in [0.05, 0.1) is 35.4 Å². The normalized spacial score (nSPS) is 17.0. The predicted molar refractivity (Wildman–Crippen MR) is 96.0 cm³/mol. The van der Waals surface area contributed by atoms with E-state index < -0.39 is 18.0 Å². The van der Waals surface area contributed by atoms with Crippen LogP contribution in [-0.4, -0.2) is 25.7 Å². The molecule has 2 amide bonds. The van der Waals surface area contributed by atoms with E-state index in [0.29, 0.717) is 29.0 Å². The van der Waals surface area contributed by atoms with Gasteiger partial charge in [0.2, 0.25) is 0 Å². The molecule has 1 heterocycles. The van der Waals surface area contributed by atoms with Crippen molar-refractivity contribution in [2.75, 3.05) is 13.7 Å². The van der Waals surface area contributed by atoms with Crippen molar-refractivity contribution in [1.29, 1.82) is 0 Å². The summed E-state index contributed by atoms with van der Waals surface area (Å²) in [6, 6.07) is 2.12. The van der Waals surface area contributed by atoms with Gasteiger partial charge in [0, 0.05) is 5.70 Å². The maximum Gasteiger partial charge on any atom is 0.338 e. The van der Waals surface area contributed by atoms with Gasteiger partial charge >= 0.3 is 12.0 Å². The SMILES string of the molecule is CCCC1=C(C(=O)OCC)C(c2cc(Cl)c(OC)c(Cl)c2)NC(=O)N1. The number of rotatable bonds is 6. The number of carbonyl (C=O) groups is 2. The Morgan fingerprint density at radius 3 is 2.40 bits per heavy atom. The number of ether oxygens (including phenoxy) is 2. The molecule has 0 saturated carbocycles. The Balaban J connectivity index is 2.57. The van der Waals surface area contributed by atoms with E-state index in [4.69, 9.17) is 32.7 Å². The molecule has 0 radical (unpaired) electrons. The minimum absolute atomic E-state index is 0.229.